The van der Waals surface area contributed by atoms with Crippen LogP contribution in [0.15, 0.2) is 64.2 Å². The van der Waals surface area contributed by atoms with Crippen molar-refractivity contribution < 1.29 is 9.21 Å². The molecule has 0 unspecified atom stereocenters. The van der Waals surface area contributed by atoms with Gasteiger partial charge in [-0.1, -0.05) is 42.1 Å². The summed E-state index contributed by atoms with van der Waals surface area (Å²) in [7, 11) is 3.90. The third-order valence-corrected chi connectivity index (χ3v) is 6.05. The molecule has 0 fully saturated rings. The predicted octanol–water partition coefficient (Wildman–Crippen LogP) is 3.52. The number of hydrogen-bond donors (Lipinski definition) is 1. The smallest absolute Gasteiger partial charge is 0.277 e. The van der Waals surface area contributed by atoms with E-state index in [1.165, 1.54) is 11.8 Å². The molecule has 1 N–H and O–H groups in total. The fourth-order valence-corrected chi connectivity index (χ4v) is 4.17. The van der Waals surface area contributed by atoms with Gasteiger partial charge in [-0.25, -0.2) is 4.98 Å². The summed E-state index contributed by atoms with van der Waals surface area (Å²) in [5, 5.41) is 12.6. The van der Waals surface area contributed by atoms with Gasteiger partial charge in [0, 0.05) is 25.0 Å². The number of rotatable bonds is 6. The number of amides is 1. The van der Waals surface area contributed by atoms with Crippen molar-refractivity contribution in [2.75, 3.05) is 5.75 Å². The standard InChI is InChI=1S/C22H20N6O2S/c1-27-16-9-5-3-7-14(16)11-18(27)21-25-26-22(30-21)31-13-20(29)23-12-19-24-15-8-4-6-10-17(15)28(19)2/h3-11H,12-13H2,1-2H3,(H,23,29). The van der Waals surface area contributed by atoms with Crippen molar-refractivity contribution in [1.29, 1.82) is 0 Å². The Morgan fingerprint density at radius 3 is 2.61 bits per heavy atom. The maximum Gasteiger partial charge on any atom is 0.277 e. The maximum atomic E-state index is 12.3. The van der Waals surface area contributed by atoms with E-state index >= 15 is 0 Å². The minimum atomic E-state index is -0.124. The van der Waals surface area contributed by atoms with Crippen molar-refractivity contribution in [2.24, 2.45) is 14.1 Å². The number of aryl methyl sites for hydroxylation is 2. The molecule has 0 spiro atoms. The number of carbonyl (C=O) groups is 1. The van der Waals surface area contributed by atoms with E-state index in [4.69, 9.17) is 4.42 Å². The fraction of sp³-hybridized carbons (Fsp3) is 0.182. The molecule has 5 rings (SSSR count). The normalized spacial score (nSPS) is 11.4. The van der Waals surface area contributed by atoms with Crippen molar-refractivity contribution in [3.63, 3.8) is 0 Å². The SMILES string of the molecule is Cn1c(-c2nnc(SCC(=O)NCc3nc4ccccc4n3C)o2)cc2ccccc21. The Balaban J connectivity index is 1.21. The lowest BCUT2D eigenvalue weighted by molar-refractivity contribution is -0.118. The van der Waals surface area contributed by atoms with E-state index in [2.05, 4.69) is 20.5 Å². The van der Waals surface area contributed by atoms with Gasteiger partial charge in [-0.2, -0.15) is 0 Å². The fourth-order valence-electron chi connectivity index (χ4n) is 3.58. The first-order valence-electron chi connectivity index (χ1n) is 9.78. The molecule has 3 heterocycles. The number of para-hydroxylation sites is 3. The first-order valence-corrected chi connectivity index (χ1v) is 10.8. The van der Waals surface area contributed by atoms with Gasteiger partial charge in [0.1, 0.15) is 11.5 Å². The average Bonchev–Trinajstić information content (AvgIpc) is 3.48. The van der Waals surface area contributed by atoms with Crippen molar-refractivity contribution in [1.82, 2.24) is 29.6 Å². The summed E-state index contributed by atoms with van der Waals surface area (Å²) in [6, 6.07) is 18.0. The van der Waals surface area contributed by atoms with E-state index in [-0.39, 0.29) is 11.7 Å². The number of carbonyl (C=O) groups excluding carboxylic acids is 1. The van der Waals surface area contributed by atoms with Crippen LogP contribution in [0, 0.1) is 0 Å². The number of benzene rings is 2. The monoisotopic (exact) mass is 432 g/mol. The molecule has 0 aliphatic rings. The molecule has 0 bridgehead atoms. The van der Waals surface area contributed by atoms with Gasteiger partial charge in [0.25, 0.3) is 11.1 Å². The van der Waals surface area contributed by atoms with Crippen LogP contribution in [0.3, 0.4) is 0 Å². The number of nitrogens with one attached hydrogen (secondary N) is 1. The van der Waals surface area contributed by atoms with Gasteiger partial charge in [-0.3, -0.25) is 4.79 Å². The number of hydrogen-bond acceptors (Lipinski definition) is 6. The molecule has 31 heavy (non-hydrogen) atoms. The van der Waals surface area contributed by atoms with Crippen LogP contribution in [0.1, 0.15) is 5.82 Å². The Bertz CT molecular complexity index is 1400. The third kappa shape index (κ3) is 3.68. The summed E-state index contributed by atoms with van der Waals surface area (Å²) in [5.41, 5.74) is 3.88. The zero-order valence-corrected chi connectivity index (χ0v) is 17.9. The summed E-state index contributed by atoms with van der Waals surface area (Å²) < 4.78 is 9.77. The average molecular weight is 433 g/mol. The molecule has 5 aromatic rings. The lowest BCUT2D eigenvalue weighted by Crippen LogP contribution is -2.26. The Morgan fingerprint density at radius 1 is 1.03 bits per heavy atom. The lowest BCUT2D eigenvalue weighted by atomic mass is 10.2. The Labute approximate surface area is 182 Å². The Hall–Kier alpha value is -3.59. The van der Waals surface area contributed by atoms with Crippen molar-refractivity contribution in [2.45, 2.75) is 11.8 Å². The van der Waals surface area contributed by atoms with E-state index in [9.17, 15) is 4.79 Å². The summed E-state index contributed by atoms with van der Waals surface area (Å²) in [4.78, 5) is 16.9. The molecule has 2 aromatic carbocycles. The van der Waals surface area contributed by atoms with Crippen LogP contribution in [0.4, 0.5) is 0 Å². The first-order chi connectivity index (χ1) is 15.1. The second-order valence-corrected chi connectivity index (χ2v) is 8.09. The number of fused-ring (bicyclic) bond motifs is 2. The van der Waals surface area contributed by atoms with Gasteiger partial charge < -0.3 is 18.9 Å². The minimum Gasteiger partial charge on any atom is -0.410 e. The molecule has 156 valence electrons. The van der Waals surface area contributed by atoms with Gasteiger partial charge in [-0.05, 0) is 24.3 Å². The first kappa shape index (κ1) is 19.4. The molecule has 0 saturated heterocycles. The highest BCUT2D eigenvalue weighted by molar-refractivity contribution is 7.99. The summed E-state index contributed by atoms with van der Waals surface area (Å²) in [5.74, 6) is 1.29. The van der Waals surface area contributed by atoms with E-state index in [1.807, 2.05) is 77.8 Å². The lowest BCUT2D eigenvalue weighted by Gasteiger charge is -2.04. The van der Waals surface area contributed by atoms with E-state index in [0.717, 1.165) is 33.5 Å². The largest absolute Gasteiger partial charge is 0.410 e. The number of aromatic nitrogens is 5. The highest BCUT2D eigenvalue weighted by atomic mass is 32.2. The van der Waals surface area contributed by atoms with Crippen molar-refractivity contribution in [3.8, 4) is 11.6 Å². The second kappa shape index (κ2) is 7.92. The van der Waals surface area contributed by atoms with E-state index in [1.54, 1.807) is 0 Å². The third-order valence-electron chi connectivity index (χ3n) is 5.23. The second-order valence-electron chi connectivity index (χ2n) is 7.16. The molecule has 1 amide bonds. The summed E-state index contributed by atoms with van der Waals surface area (Å²) >= 11 is 1.21. The zero-order chi connectivity index (χ0) is 21.4. The highest BCUT2D eigenvalue weighted by Crippen LogP contribution is 2.28. The number of nitrogens with zero attached hydrogens (tertiary/aromatic N) is 5. The van der Waals surface area contributed by atoms with Crippen LogP contribution < -0.4 is 5.32 Å². The quantitative estimate of drug-likeness (QED) is 0.413. The van der Waals surface area contributed by atoms with Gasteiger partial charge in [0.15, 0.2) is 0 Å². The number of thioether (sulfide) groups is 1. The molecule has 0 atom stereocenters. The molecule has 8 nitrogen and oxygen atoms in total. The highest BCUT2D eigenvalue weighted by Gasteiger charge is 2.16. The van der Waals surface area contributed by atoms with Crippen LogP contribution in [0.5, 0.6) is 0 Å². The van der Waals surface area contributed by atoms with E-state index in [0.29, 0.717) is 17.7 Å². The number of imidazole rings is 1. The molecule has 0 radical (unpaired) electrons. The molecule has 3 aromatic heterocycles. The zero-order valence-electron chi connectivity index (χ0n) is 17.1. The van der Waals surface area contributed by atoms with Gasteiger partial charge in [0.2, 0.25) is 5.91 Å². The Kier molecular flexibility index (Phi) is 4.95. The van der Waals surface area contributed by atoms with Crippen LogP contribution in [0.25, 0.3) is 33.5 Å². The van der Waals surface area contributed by atoms with Crippen LogP contribution in [0.2, 0.25) is 0 Å². The van der Waals surface area contributed by atoms with Gasteiger partial charge in [0.05, 0.1) is 23.3 Å². The van der Waals surface area contributed by atoms with E-state index < -0.39 is 0 Å². The topological polar surface area (TPSA) is 90.8 Å². The van der Waals surface area contributed by atoms with Crippen LogP contribution in [-0.2, 0) is 25.4 Å². The molecular formula is C22H20N6O2S. The molecule has 0 saturated carbocycles. The Morgan fingerprint density at radius 2 is 1.81 bits per heavy atom. The molecule has 0 aliphatic carbocycles. The van der Waals surface area contributed by atoms with Crippen molar-refractivity contribution >= 4 is 39.6 Å². The van der Waals surface area contributed by atoms with Gasteiger partial charge in [-0.15, -0.1) is 10.2 Å². The molecule has 9 heteroatoms. The van der Waals surface area contributed by atoms with Crippen LogP contribution >= 0.6 is 11.8 Å². The van der Waals surface area contributed by atoms with Crippen molar-refractivity contribution in [3.05, 3.63) is 60.4 Å². The predicted molar refractivity (Wildman–Crippen MR) is 119 cm³/mol. The molecular weight excluding hydrogens is 412 g/mol. The maximum absolute atomic E-state index is 12.3. The van der Waals surface area contributed by atoms with Crippen LogP contribution in [-0.4, -0.2) is 36.0 Å². The van der Waals surface area contributed by atoms with Gasteiger partial charge >= 0.3 is 0 Å². The summed E-state index contributed by atoms with van der Waals surface area (Å²) in [6.45, 7) is 0.357. The molecule has 0 aliphatic heterocycles. The summed E-state index contributed by atoms with van der Waals surface area (Å²) in [6.07, 6.45) is 0. The minimum absolute atomic E-state index is 0.124.